The highest BCUT2D eigenvalue weighted by atomic mass is 35.5. The monoisotopic (exact) mass is 294 g/mol. The van der Waals surface area contributed by atoms with Crippen LogP contribution in [0.5, 0.6) is 0 Å². The van der Waals surface area contributed by atoms with Gasteiger partial charge in [-0.1, -0.05) is 47.2 Å². The highest BCUT2D eigenvalue weighted by Gasteiger charge is 2.22. The quantitative estimate of drug-likeness (QED) is 0.925. The van der Waals surface area contributed by atoms with E-state index < -0.39 is 5.97 Å². The summed E-state index contributed by atoms with van der Waals surface area (Å²) in [6.45, 7) is 1.58. The number of halogens is 1. The van der Waals surface area contributed by atoms with Crippen molar-refractivity contribution in [3.8, 4) is 0 Å². The van der Waals surface area contributed by atoms with Gasteiger partial charge in [0, 0.05) is 13.1 Å². The number of anilines is 1. The lowest BCUT2D eigenvalue weighted by atomic mass is 10.0. The molecule has 1 aliphatic rings. The highest BCUT2D eigenvalue weighted by Crippen LogP contribution is 2.32. The van der Waals surface area contributed by atoms with Gasteiger partial charge >= 0.3 is 5.97 Å². The molecular formula is C13H11ClN2O2S. The molecule has 0 amide bonds. The first-order chi connectivity index (χ1) is 9.15. The fraction of sp³-hybridized carbons (Fsp3) is 0.231. The van der Waals surface area contributed by atoms with E-state index >= 15 is 0 Å². The minimum atomic E-state index is -1.02. The van der Waals surface area contributed by atoms with Crippen molar-refractivity contribution in [1.29, 1.82) is 0 Å². The Kier molecular flexibility index (Phi) is 3.16. The van der Waals surface area contributed by atoms with Crippen molar-refractivity contribution in [2.75, 3.05) is 11.4 Å². The van der Waals surface area contributed by atoms with E-state index in [1.54, 1.807) is 0 Å². The van der Waals surface area contributed by atoms with E-state index in [1.165, 1.54) is 11.1 Å². The van der Waals surface area contributed by atoms with Crippen LogP contribution in [0.2, 0.25) is 5.15 Å². The van der Waals surface area contributed by atoms with Crippen molar-refractivity contribution >= 4 is 34.0 Å². The Morgan fingerprint density at radius 3 is 2.79 bits per heavy atom. The lowest BCUT2D eigenvalue weighted by Gasteiger charge is -2.28. The Balaban J connectivity index is 1.89. The number of benzene rings is 1. The first kappa shape index (κ1) is 12.4. The van der Waals surface area contributed by atoms with Gasteiger partial charge in [-0.15, -0.1) is 0 Å². The third-order valence-electron chi connectivity index (χ3n) is 3.17. The van der Waals surface area contributed by atoms with E-state index in [0.29, 0.717) is 5.13 Å². The average Bonchev–Trinajstić information content (AvgIpc) is 2.80. The van der Waals surface area contributed by atoms with Crippen molar-refractivity contribution in [2.24, 2.45) is 0 Å². The Labute approximate surface area is 119 Å². The molecule has 0 aliphatic carbocycles. The number of aromatic carboxylic acids is 1. The van der Waals surface area contributed by atoms with Gasteiger partial charge in [0.1, 0.15) is 0 Å². The van der Waals surface area contributed by atoms with E-state index in [9.17, 15) is 4.79 Å². The van der Waals surface area contributed by atoms with Gasteiger partial charge < -0.3 is 10.0 Å². The predicted molar refractivity (Wildman–Crippen MR) is 75.3 cm³/mol. The van der Waals surface area contributed by atoms with E-state index in [4.69, 9.17) is 16.7 Å². The molecule has 98 valence electrons. The number of aromatic nitrogens is 1. The molecule has 19 heavy (non-hydrogen) atoms. The van der Waals surface area contributed by atoms with Gasteiger partial charge in [-0.2, -0.15) is 0 Å². The van der Waals surface area contributed by atoms with Crippen molar-refractivity contribution in [1.82, 2.24) is 4.98 Å². The smallest absolute Gasteiger partial charge is 0.349 e. The molecule has 1 aromatic heterocycles. The number of hydrogen-bond acceptors (Lipinski definition) is 4. The van der Waals surface area contributed by atoms with Crippen LogP contribution >= 0.6 is 22.9 Å². The maximum absolute atomic E-state index is 11.0. The fourth-order valence-electron chi connectivity index (χ4n) is 2.22. The summed E-state index contributed by atoms with van der Waals surface area (Å²) in [5.41, 5.74) is 2.61. The van der Waals surface area contributed by atoms with Crippen molar-refractivity contribution in [2.45, 2.75) is 13.0 Å². The SMILES string of the molecule is O=C(O)c1sc(N2CCc3ccccc3C2)nc1Cl. The second-order valence-corrected chi connectivity index (χ2v) is 5.70. The number of carbonyl (C=O) groups is 1. The predicted octanol–water partition coefficient (Wildman–Crippen LogP) is 3.06. The van der Waals surface area contributed by atoms with Crippen LogP contribution in [0.1, 0.15) is 20.8 Å². The average molecular weight is 295 g/mol. The van der Waals surface area contributed by atoms with E-state index in [2.05, 4.69) is 22.0 Å². The van der Waals surface area contributed by atoms with Crippen LogP contribution in [-0.2, 0) is 13.0 Å². The molecule has 2 heterocycles. The summed E-state index contributed by atoms with van der Waals surface area (Å²) in [7, 11) is 0. The summed E-state index contributed by atoms with van der Waals surface area (Å²) in [4.78, 5) is 17.3. The van der Waals surface area contributed by atoms with Crippen LogP contribution in [0.25, 0.3) is 0 Å². The van der Waals surface area contributed by atoms with Crippen molar-refractivity contribution < 1.29 is 9.90 Å². The molecule has 0 fully saturated rings. The van der Waals surface area contributed by atoms with Gasteiger partial charge in [-0.3, -0.25) is 0 Å². The molecule has 1 aromatic carbocycles. The standard InChI is InChI=1S/C13H11ClN2O2S/c14-11-10(12(17)18)19-13(15-11)16-6-5-8-3-1-2-4-9(8)7-16/h1-4H,5-7H2,(H,17,18). The molecule has 6 heteroatoms. The molecule has 0 radical (unpaired) electrons. The molecule has 1 N–H and O–H groups in total. The molecule has 0 saturated carbocycles. The molecule has 0 bridgehead atoms. The second-order valence-electron chi connectivity index (χ2n) is 4.36. The van der Waals surface area contributed by atoms with Crippen molar-refractivity contribution in [3.05, 3.63) is 45.4 Å². The van der Waals surface area contributed by atoms with Crippen LogP contribution in [-0.4, -0.2) is 22.6 Å². The Hall–Kier alpha value is -1.59. The fourth-order valence-corrected chi connectivity index (χ4v) is 3.37. The van der Waals surface area contributed by atoms with Gasteiger partial charge in [0.2, 0.25) is 0 Å². The first-order valence-electron chi connectivity index (χ1n) is 5.86. The topological polar surface area (TPSA) is 53.4 Å². The Bertz CT molecular complexity index is 641. The number of nitrogens with zero attached hydrogens (tertiary/aromatic N) is 2. The molecule has 0 saturated heterocycles. The van der Waals surface area contributed by atoms with E-state index in [-0.39, 0.29) is 10.0 Å². The minimum Gasteiger partial charge on any atom is -0.477 e. The lowest BCUT2D eigenvalue weighted by molar-refractivity contribution is 0.0702. The van der Waals surface area contributed by atoms with Gasteiger partial charge in [0.15, 0.2) is 15.2 Å². The zero-order valence-electron chi connectivity index (χ0n) is 9.97. The van der Waals surface area contributed by atoms with Crippen LogP contribution < -0.4 is 4.90 Å². The van der Waals surface area contributed by atoms with Gasteiger partial charge in [-0.05, 0) is 17.5 Å². The first-order valence-corrected chi connectivity index (χ1v) is 7.06. The number of carboxylic acids is 1. The molecule has 3 rings (SSSR count). The minimum absolute atomic E-state index is 0.0753. The molecule has 4 nitrogen and oxygen atoms in total. The molecule has 1 aliphatic heterocycles. The largest absolute Gasteiger partial charge is 0.477 e. The Morgan fingerprint density at radius 1 is 1.37 bits per heavy atom. The molecule has 2 aromatic rings. The zero-order valence-corrected chi connectivity index (χ0v) is 11.5. The van der Waals surface area contributed by atoms with Crippen LogP contribution in [0, 0.1) is 0 Å². The lowest BCUT2D eigenvalue weighted by Crippen LogP contribution is -2.30. The van der Waals surface area contributed by atoms with Crippen LogP contribution in [0.4, 0.5) is 5.13 Å². The van der Waals surface area contributed by atoms with Crippen molar-refractivity contribution in [3.63, 3.8) is 0 Å². The number of hydrogen-bond donors (Lipinski definition) is 1. The summed E-state index contributed by atoms with van der Waals surface area (Å²) in [6.07, 6.45) is 0.940. The zero-order chi connectivity index (χ0) is 13.4. The maximum atomic E-state index is 11.0. The number of carboxylic acid groups (broad SMARTS) is 1. The third-order valence-corrected chi connectivity index (χ3v) is 4.66. The molecule has 0 unspecified atom stereocenters. The molecule has 0 atom stereocenters. The third kappa shape index (κ3) is 2.31. The summed E-state index contributed by atoms with van der Waals surface area (Å²) >= 11 is 6.98. The summed E-state index contributed by atoms with van der Waals surface area (Å²) < 4.78 is 0. The maximum Gasteiger partial charge on any atom is 0.349 e. The molecule has 0 spiro atoms. The summed E-state index contributed by atoms with van der Waals surface area (Å²) in [5, 5.41) is 9.76. The van der Waals surface area contributed by atoms with E-state index in [1.807, 2.05) is 12.1 Å². The highest BCUT2D eigenvalue weighted by molar-refractivity contribution is 7.18. The van der Waals surface area contributed by atoms with Crippen LogP contribution in [0.15, 0.2) is 24.3 Å². The molecular weight excluding hydrogens is 284 g/mol. The number of thiazole rings is 1. The number of rotatable bonds is 2. The summed E-state index contributed by atoms with van der Waals surface area (Å²) in [5.74, 6) is -1.02. The second kappa shape index (κ2) is 4.83. The normalized spacial score (nSPS) is 14.3. The van der Waals surface area contributed by atoms with Gasteiger partial charge in [0.05, 0.1) is 0 Å². The summed E-state index contributed by atoms with van der Waals surface area (Å²) in [6, 6.07) is 8.27. The Morgan fingerprint density at radius 2 is 2.11 bits per heavy atom. The van der Waals surface area contributed by atoms with Gasteiger partial charge in [0.25, 0.3) is 0 Å². The van der Waals surface area contributed by atoms with Gasteiger partial charge in [-0.25, -0.2) is 9.78 Å². The number of fused-ring (bicyclic) bond motifs is 1. The van der Waals surface area contributed by atoms with Crippen LogP contribution in [0.3, 0.4) is 0 Å². The van der Waals surface area contributed by atoms with E-state index in [0.717, 1.165) is 30.8 Å².